The monoisotopic (exact) mass is 422 g/mol. The zero-order chi connectivity index (χ0) is 21.5. The van der Waals surface area contributed by atoms with E-state index in [1.807, 2.05) is 44.2 Å². The largest absolute Gasteiger partial charge is 0.457 e. The Kier molecular flexibility index (Phi) is 7.09. The zero-order valence-corrected chi connectivity index (χ0v) is 17.5. The fourth-order valence-electron chi connectivity index (χ4n) is 2.81. The van der Waals surface area contributed by atoms with Crippen molar-refractivity contribution in [3.05, 3.63) is 89.4 Å². The molecule has 0 saturated carbocycles. The average molecular weight is 423 g/mol. The highest BCUT2D eigenvalue weighted by atomic mass is 35.5. The molecule has 0 aliphatic rings. The van der Waals surface area contributed by atoms with Crippen LogP contribution in [0.3, 0.4) is 0 Å². The number of ether oxygens (including phenoxy) is 1. The molecule has 0 aliphatic heterocycles. The van der Waals surface area contributed by atoms with Crippen molar-refractivity contribution in [2.24, 2.45) is 5.92 Å². The van der Waals surface area contributed by atoms with Gasteiger partial charge in [-0.1, -0.05) is 43.6 Å². The number of carbonyl (C=O) groups is 2. The Morgan fingerprint density at radius 2 is 1.43 bits per heavy atom. The van der Waals surface area contributed by atoms with Gasteiger partial charge in [-0.25, -0.2) is 0 Å². The number of hydrogen-bond donors (Lipinski definition) is 2. The van der Waals surface area contributed by atoms with E-state index in [4.69, 9.17) is 16.3 Å². The summed E-state index contributed by atoms with van der Waals surface area (Å²) >= 11 is 5.86. The summed E-state index contributed by atoms with van der Waals surface area (Å²) in [6, 6.07) is 22.4. The summed E-state index contributed by atoms with van der Waals surface area (Å²) in [6.45, 7) is 3.76. The van der Waals surface area contributed by atoms with Crippen molar-refractivity contribution >= 4 is 29.1 Å². The molecule has 0 heterocycles. The third-order valence-corrected chi connectivity index (χ3v) is 4.69. The van der Waals surface area contributed by atoms with E-state index in [2.05, 4.69) is 10.6 Å². The lowest BCUT2D eigenvalue weighted by atomic mass is 10.0. The molecule has 1 unspecified atom stereocenters. The first-order valence-electron chi connectivity index (χ1n) is 9.62. The van der Waals surface area contributed by atoms with Gasteiger partial charge < -0.3 is 15.4 Å². The first-order chi connectivity index (χ1) is 14.4. The number of halogens is 1. The normalized spacial score (nSPS) is 11.6. The van der Waals surface area contributed by atoms with Gasteiger partial charge in [0.15, 0.2) is 0 Å². The smallest absolute Gasteiger partial charge is 0.251 e. The Balaban J connectivity index is 1.63. The topological polar surface area (TPSA) is 67.4 Å². The second-order valence-electron chi connectivity index (χ2n) is 7.13. The van der Waals surface area contributed by atoms with Gasteiger partial charge in [0, 0.05) is 16.3 Å². The number of benzene rings is 3. The van der Waals surface area contributed by atoms with Crippen LogP contribution < -0.4 is 15.4 Å². The lowest BCUT2D eigenvalue weighted by Gasteiger charge is -2.22. The number of amides is 2. The van der Waals surface area contributed by atoms with Gasteiger partial charge in [0.05, 0.1) is 0 Å². The number of carbonyl (C=O) groups excluding carboxylic acids is 2. The summed E-state index contributed by atoms with van der Waals surface area (Å²) < 4.78 is 5.75. The van der Waals surface area contributed by atoms with E-state index in [1.165, 1.54) is 0 Å². The minimum absolute atomic E-state index is 0.0954. The van der Waals surface area contributed by atoms with Gasteiger partial charge in [-0.2, -0.15) is 0 Å². The van der Waals surface area contributed by atoms with E-state index < -0.39 is 6.04 Å². The fraction of sp³-hybridized carbons (Fsp3) is 0.167. The molecule has 2 amide bonds. The third kappa shape index (κ3) is 5.84. The van der Waals surface area contributed by atoms with Crippen LogP contribution in [0.1, 0.15) is 24.2 Å². The second-order valence-corrected chi connectivity index (χ2v) is 7.57. The lowest BCUT2D eigenvalue weighted by Crippen LogP contribution is -2.47. The van der Waals surface area contributed by atoms with Crippen molar-refractivity contribution in [1.82, 2.24) is 5.32 Å². The summed E-state index contributed by atoms with van der Waals surface area (Å²) in [5.41, 5.74) is 1.06. The Morgan fingerprint density at radius 1 is 0.833 bits per heavy atom. The van der Waals surface area contributed by atoms with Crippen LogP contribution in [0.15, 0.2) is 78.9 Å². The highest BCUT2D eigenvalue weighted by molar-refractivity contribution is 6.30. The summed E-state index contributed by atoms with van der Waals surface area (Å²) in [7, 11) is 0. The van der Waals surface area contributed by atoms with Crippen molar-refractivity contribution in [3.8, 4) is 11.5 Å². The van der Waals surface area contributed by atoms with E-state index in [9.17, 15) is 9.59 Å². The van der Waals surface area contributed by atoms with Crippen molar-refractivity contribution < 1.29 is 14.3 Å². The van der Waals surface area contributed by atoms with Crippen LogP contribution in [-0.4, -0.2) is 17.9 Å². The number of anilines is 1. The maximum absolute atomic E-state index is 12.8. The van der Waals surface area contributed by atoms with Crippen molar-refractivity contribution in [3.63, 3.8) is 0 Å². The average Bonchev–Trinajstić information content (AvgIpc) is 2.74. The van der Waals surface area contributed by atoms with Gasteiger partial charge in [-0.15, -0.1) is 0 Å². The molecule has 3 rings (SSSR count). The Bertz CT molecular complexity index is 987. The van der Waals surface area contributed by atoms with Gasteiger partial charge in [-0.05, 0) is 66.6 Å². The van der Waals surface area contributed by atoms with Gasteiger partial charge >= 0.3 is 0 Å². The molecule has 0 saturated heterocycles. The van der Waals surface area contributed by atoms with E-state index in [0.717, 1.165) is 5.75 Å². The molecular weight excluding hydrogens is 400 g/mol. The summed E-state index contributed by atoms with van der Waals surface area (Å²) in [4.78, 5) is 25.3. The molecule has 0 spiro atoms. The van der Waals surface area contributed by atoms with Crippen LogP contribution in [0.5, 0.6) is 11.5 Å². The number of rotatable bonds is 7. The first-order valence-corrected chi connectivity index (χ1v) is 10.0. The van der Waals surface area contributed by atoms with E-state index in [1.54, 1.807) is 48.5 Å². The molecule has 5 nitrogen and oxygen atoms in total. The second kappa shape index (κ2) is 9.94. The van der Waals surface area contributed by atoms with Crippen LogP contribution in [0, 0.1) is 5.92 Å². The number of hydrogen-bond acceptors (Lipinski definition) is 3. The highest BCUT2D eigenvalue weighted by Crippen LogP contribution is 2.23. The van der Waals surface area contributed by atoms with Gasteiger partial charge in [0.2, 0.25) is 5.91 Å². The molecule has 3 aromatic carbocycles. The predicted octanol–water partition coefficient (Wildman–Crippen LogP) is 5.53. The molecular formula is C24H23ClN2O3. The highest BCUT2D eigenvalue weighted by Gasteiger charge is 2.24. The quantitative estimate of drug-likeness (QED) is 0.526. The molecule has 0 aliphatic carbocycles. The minimum Gasteiger partial charge on any atom is -0.457 e. The van der Waals surface area contributed by atoms with Crippen LogP contribution in [0.25, 0.3) is 0 Å². The predicted molar refractivity (Wildman–Crippen MR) is 119 cm³/mol. The summed E-state index contributed by atoms with van der Waals surface area (Å²) in [5.74, 6) is 0.688. The molecule has 0 aromatic heterocycles. The lowest BCUT2D eigenvalue weighted by molar-refractivity contribution is -0.118. The maximum Gasteiger partial charge on any atom is 0.251 e. The van der Waals surface area contributed by atoms with E-state index >= 15 is 0 Å². The van der Waals surface area contributed by atoms with E-state index in [0.29, 0.717) is 22.0 Å². The van der Waals surface area contributed by atoms with Gasteiger partial charge in [0.1, 0.15) is 17.5 Å². The molecule has 3 aromatic rings. The summed E-state index contributed by atoms with van der Waals surface area (Å²) in [6.07, 6.45) is 0. The first kappa shape index (κ1) is 21.4. The molecule has 1 atom stereocenters. The van der Waals surface area contributed by atoms with E-state index in [-0.39, 0.29) is 17.7 Å². The van der Waals surface area contributed by atoms with Crippen molar-refractivity contribution in [2.45, 2.75) is 19.9 Å². The molecule has 30 heavy (non-hydrogen) atoms. The SMILES string of the molecule is CC(C)C(NC(=O)c1ccc(Cl)cc1)C(=O)Nc1ccc(Oc2ccccc2)cc1. The van der Waals surface area contributed by atoms with Crippen LogP contribution >= 0.6 is 11.6 Å². The van der Waals surface area contributed by atoms with Crippen molar-refractivity contribution in [2.75, 3.05) is 5.32 Å². The van der Waals surface area contributed by atoms with Crippen LogP contribution in [-0.2, 0) is 4.79 Å². The third-order valence-electron chi connectivity index (χ3n) is 4.44. The Labute approximate surface area is 181 Å². The van der Waals surface area contributed by atoms with Crippen LogP contribution in [0.2, 0.25) is 5.02 Å². The summed E-state index contributed by atoms with van der Waals surface area (Å²) in [5, 5.41) is 6.19. The zero-order valence-electron chi connectivity index (χ0n) is 16.8. The number of para-hydroxylation sites is 1. The molecule has 0 fully saturated rings. The maximum atomic E-state index is 12.8. The molecule has 6 heteroatoms. The molecule has 154 valence electrons. The van der Waals surface area contributed by atoms with Crippen LogP contribution in [0.4, 0.5) is 5.69 Å². The Hall–Kier alpha value is -3.31. The van der Waals surface area contributed by atoms with Gasteiger partial charge in [-0.3, -0.25) is 9.59 Å². The minimum atomic E-state index is -0.687. The van der Waals surface area contributed by atoms with Crippen molar-refractivity contribution in [1.29, 1.82) is 0 Å². The molecule has 2 N–H and O–H groups in total. The molecule has 0 bridgehead atoms. The standard InChI is InChI=1S/C24H23ClN2O3/c1-16(2)22(27-23(28)17-8-10-18(25)11-9-17)24(29)26-19-12-14-21(15-13-19)30-20-6-4-3-5-7-20/h3-16,22H,1-2H3,(H,26,29)(H,27,28). The Morgan fingerprint density at radius 3 is 2.03 bits per heavy atom. The molecule has 0 radical (unpaired) electrons. The van der Waals surface area contributed by atoms with Gasteiger partial charge in [0.25, 0.3) is 5.91 Å². The number of nitrogens with one attached hydrogen (secondary N) is 2. The fourth-order valence-corrected chi connectivity index (χ4v) is 2.94.